The second kappa shape index (κ2) is 3.90. The summed E-state index contributed by atoms with van der Waals surface area (Å²) in [6, 6.07) is 3.52. The minimum Gasteiger partial charge on any atom is -0.491 e. The maximum absolute atomic E-state index is 13.2. The Balaban J connectivity index is 3.01. The van der Waals surface area contributed by atoms with Crippen LogP contribution >= 0.6 is 15.9 Å². The van der Waals surface area contributed by atoms with E-state index in [4.69, 9.17) is 13.0 Å². The maximum Gasteiger partial charge on any atom is 0.141 e. The van der Waals surface area contributed by atoms with E-state index >= 15 is 0 Å². The van der Waals surface area contributed by atoms with E-state index in [2.05, 4.69) is 15.9 Å². The number of rotatable bonds is 2. The molecular formula is C9H10BrFO. The summed E-state index contributed by atoms with van der Waals surface area (Å²) in [5, 5.41) is 0. The molecule has 0 aliphatic rings. The van der Waals surface area contributed by atoms with Crippen molar-refractivity contribution in [2.45, 2.75) is 19.8 Å². The van der Waals surface area contributed by atoms with Gasteiger partial charge >= 0.3 is 0 Å². The highest BCUT2D eigenvalue weighted by Crippen LogP contribution is 2.21. The lowest BCUT2D eigenvalue weighted by atomic mass is 10.3. The number of benzene rings is 1. The van der Waals surface area contributed by atoms with E-state index < -0.39 is 25.6 Å². The van der Waals surface area contributed by atoms with Gasteiger partial charge in [-0.25, -0.2) is 4.39 Å². The molecule has 0 atom stereocenters. The quantitative estimate of drug-likeness (QED) is 0.768. The number of hydrogen-bond donors (Lipinski definition) is 0. The first kappa shape index (κ1) is 4.09. The summed E-state index contributed by atoms with van der Waals surface area (Å²) in [5.41, 5.74) is 0. The molecule has 0 unspecified atom stereocenters. The Kier molecular flexibility index (Phi) is 1.33. The first-order chi connectivity index (χ1) is 8.01. The first-order valence-electron chi connectivity index (χ1n) is 6.13. The van der Waals surface area contributed by atoms with Crippen LogP contribution in [0.1, 0.15) is 21.9 Å². The number of hydrogen-bond acceptors (Lipinski definition) is 1. The summed E-state index contributed by atoms with van der Waals surface area (Å²) < 4.78 is 61.1. The van der Waals surface area contributed by atoms with Crippen molar-refractivity contribution in [3.05, 3.63) is 28.5 Å². The Morgan fingerprint density at radius 2 is 2.33 bits per heavy atom. The van der Waals surface area contributed by atoms with Crippen molar-refractivity contribution in [2.24, 2.45) is 0 Å². The minimum atomic E-state index is -2.82. The third kappa shape index (κ3) is 2.48. The Bertz CT molecular complexity index is 416. The zero-order chi connectivity index (χ0) is 14.1. The molecule has 0 N–H and O–H groups in total. The molecule has 1 rings (SSSR count). The van der Waals surface area contributed by atoms with Crippen molar-refractivity contribution in [1.82, 2.24) is 0 Å². The van der Waals surface area contributed by atoms with Crippen LogP contribution in [0, 0.1) is 5.82 Å². The van der Waals surface area contributed by atoms with Crippen molar-refractivity contribution in [3.63, 3.8) is 0 Å². The van der Waals surface area contributed by atoms with Gasteiger partial charge in [-0.05, 0) is 41.8 Å². The van der Waals surface area contributed by atoms with E-state index in [0.717, 1.165) is 6.07 Å². The van der Waals surface area contributed by atoms with E-state index in [1.54, 1.807) is 0 Å². The molecule has 0 aliphatic heterocycles. The summed E-state index contributed by atoms with van der Waals surface area (Å²) in [4.78, 5) is 0. The normalized spacial score (nSPS) is 19.9. The fraction of sp³-hybridized carbons (Fsp3) is 0.333. The smallest absolute Gasteiger partial charge is 0.141 e. The van der Waals surface area contributed by atoms with Gasteiger partial charge in [0.05, 0.1) is 10.6 Å². The molecule has 1 aromatic rings. The molecule has 0 aliphatic carbocycles. The zero-order valence-corrected chi connectivity index (χ0v) is 7.56. The molecule has 3 heteroatoms. The van der Waals surface area contributed by atoms with Crippen LogP contribution in [0.25, 0.3) is 0 Å². The third-order valence-electron chi connectivity index (χ3n) is 1.14. The molecule has 0 aromatic heterocycles. The molecule has 0 fully saturated rings. The van der Waals surface area contributed by atoms with Crippen LogP contribution in [-0.2, 0) is 0 Å². The predicted molar refractivity (Wildman–Crippen MR) is 49.9 cm³/mol. The van der Waals surface area contributed by atoms with Gasteiger partial charge in [-0.2, -0.15) is 0 Å². The number of ether oxygens (including phenoxy) is 1. The molecule has 0 bridgehead atoms. The molecule has 0 spiro atoms. The lowest BCUT2D eigenvalue weighted by Gasteiger charge is -2.09. The zero-order valence-electron chi connectivity index (χ0n) is 12.0. The average Bonchev–Trinajstić information content (AvgIpc) is 2.16. The van der Waals surface area contributed by atoms with Crippen LogP contribution in [0.5, 0.6) is 5.75 Å². The van der Waals surface area contributed by atoms with Gasteiger partial charge < -0.3 is 4.74 Å². The molecule has 0 saturated carbocycles. The summed E-state index contributed by atoms with van der Waals surface area (Å²) in [7, 11) is 0. The molecule has 66 valence electrons. The lowest BCUT2D eigenvalue weighted by molar-refractivity contribution is 0.241. The number of halogens is 2. The van der Waals surface area contributed by atoms with Crippen LogP contribution in [0.15, 0.2) is 22.7 Å². The highest BCUT2D eigenvalue weighted by Gasteiger charge is 2.02. The van der Waals surface area contributed by atoms with Gasteiger partial charge in [-0.15, -0.1) is 0 Å². The van der Waals surface area contributed by atoms with Gasteiger partial charge in [-0.3, -0.25) is 0 Å². The van der Waals surface area contributed by atoms with Gasteiger partial charge in [0.25, 0.3) is 0 Å². The molecule has 1 aromatic carbocycles. The fourth-order valence-corrected chi connectivity index (χ4v) is 0.933. The fourth-order valence-electron chi connectivity index (χ4n) is 0.686. The lowest BCUT2D eigenvalue weighted by Crippen LogP contribution is -2.05. The Labute approximate surface area is 88.1 Å². The molecule has 0 amide bonds. The molecule has 0 radical (unpaired) electrons. The van der Waals surface area contributed by atoms with E-state index in [1.165, 1.54) is 12.1 Å². The summed E-state index contributed by atoms with van der Waals surface area (Å²) in [5.74, 6) is -0.810. The highest BCUT2D eigenvalue weighted by molar-refractivity contribution is 9.10. The van der Waals surface area contributed by atoms with Crippen molar-refractivity contribution >= 4 is 15.9 Å². The van der Waals surface area contributed by atoms with Crippen molar-refractivity contribution < 1.29 is 17.4 Å². The average molecular weight is 239 g/mol. The van der Waals surface area contributed by atoms with Crippen LogP contribution in [0.2, 0.25) is 0 Å². The monoisotopic (exact) mass is 238 g/mol. The van der Waals surface area contributed by atoms with E-state index in [1.807, 2.05) is 0 Å². The first-order valence-corrected chi connectivity index (χ1v) is 3.93. The molecule has 12 heavy (non-hydrogen) atoms. The summed E-state index contributed by atoms with van der Waals surface area (Å²) in [6.07, 6.45) is -1.99. The van der Waals surface area contributed by atoms with Crippen LogP contribution in [-0.4, -0.2) is 6.10 Å². The Hall–Kier alpha value is -0.570. The van der Waals surface area contributed by atoms with Crippen molar-refractivity contribution in [1.29, 1.82) is 0 Å². The minimum absolute atomic E-state index is 0.145. The molecular weight excluding hydrogens is 223 g/mol. The molecule has 1 nitrogen and oxygen atoms in total. The SMILES string of the molecule is [2H]C([2H])([2H])C(Oc1ccc(Br)c(F)c1)C([2H])([2H])[2H]. The summed E-state index contributed by atoms with van der Waals surface area (Å²) >= 11 is 2.92. The van der Waals surface area contributed by atoms with Crippen molar-refractivity contribution in [2.75, 3.05) is 0 Å². The van der Waals surface area contributed by atoms with E-state index in [0.29, 0.717) is 0 Å². The van der Waals surface area contributed by atoms with Crippen molar-refractivity contribution in [3.8, 4) is 5.75 Å². The Morgan fingerprint density at radius 1 is 1.58 bits per heavy atom. The third-order valence-corrected chi connectivity index (χ3v) is 1.79. The van der Waals surface area contributed by atoms with E-state index in [9.17, 15) is 4.39 Å². The largest absolute Gasteiger partial charge is 0.491 e. The standard InChI is InChI=1S/C9H10BrFO/c1-6(2)12-7-3-4-8(10)9(11)5-7/h3-6H,1-2H3/i1D3,2D3. The van der Waals surface area contributed by atoms with Crippen LogP contribution in [0.4, 0.5) is 4.39 Å². The van der Waals surface area contributed by atoms with Gasteiger partial charge in [0, 0.05) is 14.3 Å². The van der Waals surface area contributed by atoms with Gasteiger partial charge in [0.1, 0.15) is 11.6 Å². The Morgan fingerprint density at radius 3 is 2.92 bits per heavy atom. The predicted octanol–water partition coefficient (Wildman–Crippen LogP) is 3.38. The van der Waals surface area contributed by atoms with E-state index in [-0.39, 0.29) is 10.2 Å². The van der Waals surface area contributed by atoms with Gasteiger partial charge in [0.15, 0.2) is 0 Å². The molecule has 0 heterocycles. The van der Waals surface area contributed by atoms with Crippen LogP contribution in [0.3, 0.4) is 0 Å². The van der Waals surface area contributed by atoms with Crippen LogP contribution < -0.4 is 4.74 Å². The summed E-state index contributed by atoms with van der Waals surface area (Å²) in [6.45, 7) is -5.65. The second-order valence-electron chi connectivity index (χ2n) is 2.07. The van der Waals surface area contributed by atoms with Gasteiger partial charge in [0.2, 0.25) is 0 Å². The molecule has 0 saturated heterocycles. The maximum atomic E-state index is 13.2. The highest BCUT2D eigenvalue weighted by atomic mass is 79.9. The van der Waals surface area contributed by atoms with Gasteiger partial charge in [-0.1, -0.05) is 0 Å². The topological polar surface area (TPSA) is 9.23 Å². The second-order valence-corrected chi connectivity index (χ2v) is 2.93.